The molecular formula is C14H15ClN2O3. The Balaban J connectivity index is 0.00000200. The fourth-order valence-electron chi connectivity index (χ4n) is 1.58. The summed E-state index contributed by atoms with van der Waals surface area (Å²) in [6, 6.07) is 9.40. The molecule has 0 spiro atoms. The van der Waals surface area contributed by atoms with Gasteiger partial charge >= 0.3 is 5.97 Å². The largest absolute Gasteiger partial charge is 0.479 e. The number of rotatable bonds is 4. The molecule has 0 aliphatic heterocycles. The lowest BCUT2D eigenvalue weighted by atomic mass is 10.1. The summed E-state index contributed by atoms with van der Waals surface area (Å²) in [5.74, 6) is -0.237. The van der Waals surface area contributed by atoms with Crippen molar-refractivity contribution < 1.29 is 14.6 Å². The number of aryl methyl sites for hydroxylation is 2. The number of aromatic nitrogens is 2. The van der Waals surface area contributed by atoms with Gasteiger partial charge in [0, 0.05) is 17.3 Å². The van der Waals surface area contributed by atoms with Gasteiger partial charge in [-0.1, -0.05) is 29.8 Å². The number of carboxylic acid groups (broad SMARTS) is 1. The normalized spacial score (nSPS) is 9.70. The second kappa shape index (κ2) is 6.86. The van der Waals surface area contributed by atoms with E-state index in [4.69, 9.17) is 9.84 Å². The maximum absolute atomic E-state index is 10.5. The SMILES string of the molecule is Cc1ccc(-c2nc(C)cc(OCC(=O)O)n2)cc1.Cl. The van der Waals surface area contributed by atoms with Gasteiger partial charge in [-0.05, 0) is 13.8 Å². The summed E-state index contributed by atoms with van der Waals surface area (Å²) in [6.07, 6.45) is 0. The summed E-state index contributed by atoms with van der Waals surface area (Å²) in [6.45, 7) is 3.40. The highest BCUT2D eigenvalue weighted by Crippen LogP contribution is 2.19. The van der Waals surface area contributed by atoms with E-state index in [9.17, 15) is 4.79 Å². The van der Waals surface area contributed by atoms with Crippen molar-refractivity contribution in [2.45, 2.75) is 13.8 Å². The lowest BCUT2D eigenvalue weighted by molar-refractivity contribution is -0.139. The average molecular weight is 295 g/mol. The molecule has 0 bridgehead atoms. The third kappa shape index (κ3) is 4.20. The summed E-state index contributed by atoms with van der Waals surface area (Å²) in [4.78, 5) is 19.0. The molecule has 1 aromatic carbocycles. The summed E-state index contributed by atoms with van der Waals surface area (Å²) in [5, 5.41) is 8.59. The van der Waals surface area contributed by atoms with Gasteiger partial charge in [0.1, 0.15) is 0 Å². The Hall–Kier alpha value is -2.14. The molecular weight excluding hydrogens is 280 g/mol. The summed E-state index contributed by atoms with van der Waals surface area (Å²) < 4.78 is 5.08. The van der Waals surface area contributed by atoms with Crippen LogP contribution in [0.1, 0.15) is 11.3 Å². The molecule has 0 amide bonds. The average Bonchev–Trinajstić information content (AvgIpc) is 2.36. The Morgan fingerprint density at radius 2 is 1.85 bits per heavy atom. The highest BCUT2D eigenvalue weighted by Gasteiger charge is 2.07. The maximum Gasteiger partial charge on any atom is 0.341 e. The van der Waals surface area contributed by atoms with Crippen molar-refractivity contribution in [2.24, 2.45) is 0 Å². The molecule has 106 valence electrons. The molecule has 6 heteroatoms. The number of halogens is 1. The quantitative estimate of drug-likeness (QED) is 0.938. The molecule has 0 radical (unpaired) electrons. The zero-order valence-electron chi connectivity index (χ0n) is 11.2. The molecule has 2 rings (SSSR count). The van der Waals surface area contributed by atoms with Crippen molar-refractivity contribution in [1.29, 1.82) is 0 Å². The van der Waals surface area contributed by atoms with Crippen LogP contribution in [-0.2, 0) is 4.79 Å². The Morgan fingerprint density at radius 1 is 1.20 bits per heavy atom. The van der Waals surface area contributed by atoms with E-state index in [1.165, 1.54) is 0 Å². The number of hydrogen-bond donors (Lipinski definition) is 1. The molecule has 1 aromatic heterocycles. The van der Waals surface area contributed by atoms with E-state index < -0.39 is 12.6 Å². The molecule has 2 aromatic rings. The highest BCUT2D eigenvalue weighted by molar-refractivity contribution is 5.85. The zero-order chi connectivity index (χ0) is 13.8. The topological polar surface area (TPSA) is 72.3 Å². The summed E-state index contributed by atoms with van der Waals surface area (Å²) >= 11 is 0. The third-order valence-electron chi connectivity index (χ3n) is 2.48. The number of benzene rings is 1. The van der Waals surface area contributed by atoms with Crippen molar-refractivity contribution in [2.75, 3.05) is 6.61 Å². The molecule has 0 aliphatic rings. The number of carbonyl (C=O) groups is 1. The number of ether oxygens (including phenoxy) is 1. The van der Waals surface area contributed by atoms with E-state index in [1.54, 1.807) is 6.07 Å². The van der Waals surface area contributed by atoms with E-state index in [1.807, 2.05) is 38.1 Å². The first-order valence-electron chi connectivity index (χ1n) is 5.82. The van der Waals surface area contributed by atoms with Crippen molar-refractivity contribution in [3.63, 3.8) is 0 Å². The van der Waals surface area contributed by atoms with Crippen LogP contribution in [0.25, 0.3) is 11.4 Å². The Morgan fingerprint density at radius 3 is 2.45 bits per heavy atom. The fraction of sp³-hybridized carbons (Fsp3) is 0.214. The predicted molar refractivity (Wildman–Crippen MR) is 77.3 cm³/mol. The van der Waals surface area contributed by atoms with Crippen LogP contribution >= 0.6 is 12.4 Å². The monoisotopic (exact) mass is 294 g/mol. The van der Waals surface area contributed by atoms with Gasteiger partial charge in [0.2, 0.25) is 5.88 Å². The minimum atomic E-state index is -1.03. The minimum Gasteiger partial charge on any atom is -0.479 e. The first-order valence-corrected chi connectivity index (χ1v) is 5.82. The fourth-order valence-corrected chi connectivity index (χ4v) is 1.58. The summed E-state index contributed by atoms with van der Waals surface area (Å²) in [5.41, 5.74) is 2.75. The van der Waals surface area contributed by atoms with Crippen molar-refractivity contribution in [3.8, 4) is 17.3 Å². The number of carboxylic acids is 1. The van der Waals surface area contributed by atoms with Gasteiger partial charge in [-0.25, -0.2) is 9.78 Å². The van der Waals surface area contributed by atoms with E-state index in [-0.39, 0.29) is 18.3 Å². The maximum atomic E-state index is 10.5. The van der Waals surface area contributed by atoms with Crippen LogP contribution in [0.5, 0.6) is 5.88 Å². The lowest BCUT2D eigenvalue weighted by Crippen LogP contribution is -2.11. The summed E-state index contributed by atoms with van der Waals surface area (Å²) in [7, 11) is 0. The van der Waals surface area contributed by atoms with Gasteiger partial charge in [0.15, 0.2) is 12.4 Å². The smallest absolute Gasteiger partial charge is 0.341 e. The van der Waals surface area contributed by atoms with Gasteiger partial charge in [-0.3, -0.25) is 0 Å². The molecule has 0 aliphatic carbocycles. The second-order valence-corrected chi connectivity index (χ2v) is 4.22. The van der Waals surface area contributed by atoms with Crippen LogP contribution in [0.4, 0.5) is 0 Å². The number of aliphatic carboxylic acids is 1. The zero-order valence-corrected chi connectivity index (χ0v) is 12.0. The molecule has 20 heavy (non-hydrogen) atoms. The molecule has 0 unspecified atom stereocenters. The molecule has 0 saturated carbocycles. The number of nitrogens with zero attached hydrogens (tertiary/aromatic N) is 2. The van der Waals surface area contributed by atoms with Crippen molar-refractivity contribution in [1.82, 2.24) is 9.97 Å². The molecule has 0 fully saturated rings. The molecule has 0 atom stereocenters. The van der Waals surface area contributed by atoms with Crippen molar-refractivity contribution >= 4 is 18.4 Å². The minimum absolute atomic E-state index is 0. The van der Waals surface area contributed by atoms with Gasteiger partial charge < -0.3 is 9.84 Å². The van der Waals surface area contributed by atoms with Crippen LogP contribution in [0, 0.1) is 13.8 Å². The Kier molecular flexibility index (Phi) is 5.46. The molecule has 0 saturated heterocycles. The van der Waals surface area contributed by atoms with Crippen LogP contribution in [0.3, 0.4) is 0 Å². The standard InChI is InChI=1S/C14H14N2O3.ClH/c1-9-3-5-11(6-4-9)14-15-10(2)7-12(16-14)19-8-13(17)18;/h3-7H,8H2,1-2H3,(H,17,18);1H. The predicted octanol–water partition coefficient (Wildman–Crippen LogP) is 2.65. The van der Waals surface area contributed by atoms with Gasteiger partial charge in [-0.15, -0.1) is 12.4 Å². The van der Waals surface area contributed by atoms with Crippen LogP contribution in [-0.4, -0.2) is 27.7 Å². The van der Waals surface area contributed by atoms with Gasteiger partial charge in [-0.2, -0.15) is 4.98 Å². The van der Waals surface area contributed by atoms with E-state index in [0.29, 0.717) is 5.82 Å². The molecule has 5 nitrogen and oxygen atoms in total. The Bertz CT molecular complexity index is 600. The molecule has 1 N–H and O–H groups in total. The third-order valence-corrected chi connectivity index (χ3v) is 2.48. The lowest BCUT2D eigenvalue weighted by Gasteiger charge is -2.06. The first-order chi connectivity index (χ1) is 9.04. The van der Waals surface area contributed by atoms with Crippen LogP contribution in [0.15, 0.2) is 30.3 Å². The Labute approximate surface area is 123 Å². The van der Waals surface area contributed by atoms with E-state index >= 15 is 0 Å². The first kappa shape index (κ1) is 15.9. The van der Waals surface area contributed by atoms with Crippen LogP contribution < -0.4 is 4.74 Å². The van der Waals surface area contributed by atoms with E-state index in [0.717, 1.165) is 16.8 Å². The second-order valence-electron chi connectivity index (χ2n) is 4.22. The molecule has 1 heterocycles. The van der Waals surface area contributed by atoms with Gasteiger partial charge in [0.25, 0.3) is 0 Å². The van der Waals surface area contributed by atoms with E-state index in [2.05, 4.69) is 9.97 Å². The van der Waals surface area contributed by atoms with Crippen LogP contribution in [0.2, 0.25) is 0 Å². The van der Waals surface area contributed by atoms with Gasteiger partial charge in [0.05, 0.1) is 0 Å². The number of hydrogen-bond acceptors (Lipinski definition) is 4. The highest BCUT2D eigenvalue weighted by atomic mass is 35.5. The van der Waals surface area contributed by atoms with Crippen molar-refractivity contribution in [3.05, 3.63) is 41.6 Å².